The van der Waals surface area contributed by atoms with Crippen molar-refractivity contribution in [1.82, 2.24) is 4.31 Å². The summed E-state index contributed by atoms with van der Waals surface area (Å²) in [5.74, 6) is 0.510. The van der Waals surface area contributed by atoms with E-state index in [4.69, 9.17) is 10.4 Å². The lowest BCUT2D eigenvalue weighted by Gasteiger charge is -2.27. The Morgan fingerprint density at radius 1 is 1.45 bits per heavy atom. The van der Waals surface area contributed by atoms with Gasteiger partial charge < -0.3 is 10.4 Å². The van der Waals surface area contributed by atoms with E-state index in [-0.39, 0.29) is 24.1 Å². The van der Waals surface area contributed by atoms with E-state index in [9.17, 15) is 8.42 Å². The number of piperidine rings is 1. The van der Waals surface area contributed by atoms with E-state index in [0.29, 0.717) is 23.7 Å². The molecular formula is C15H19N3O3S. The number of aliphatic hydroxyl groups excluding tert-OH is 1. The molecule has 1 aliphatic heterocycles. The van der Waals surface area contributed by atoms with Crippen LogP contribution in [0.15, 0.2) is 23.1 Å². The molecule has 2 fully saturated rings. The molecule has 0 radical (unpaired) electrons. The van der Waals surface area contributed by atoms with Crippen molar-refractivity contribution < 1.29 is 13.5 Å². The Morgan fingerprint density at radius 3 is 3.00 bits per heavy atom. The van der Waals surface area contributed by atoms with Gasteiger partial charge in [0.1, 0.15) is 4.90 Å². The largest absolute Gasteiger partial charge is 0.395 e. The molecule has 1 aliphatic carbocycles. The van der Waals surface area contributed by atoms with Gasteiger partial charge in [-0.1, -0.05) is 0 Å². The van der Waals surface area contributed by atoms with Crippen molar-refractivity contribution in [2.75, 3.05) is 25.0 Å². The van der Waals surface area contributed by atoms with Crippen LogP contribution in [0.3, 0.4) is 0 Å². The van der Waals surface area contributed by atoms with Crippen molar-refractivity contribution in [3.63, 3.8) is 0 Å². The fourth-order valence-electron chi connectivity index (χ4n) is 3.15. The number of rotatable bonds is 5. The molecule has 118 valence electrons. The Balaban J connectivity index is 1.97. The van der Waals surface area contributed by atoms with E-state index in [1.807, 2.05) is 6.07 Å². The lowest BCUT2D eigenvalue weighted by atomic mass is 10.2. The van der Waals surface area contributed by atoms with Gasteiger partial charge in [-0.05, 0) is 43.4 Å². The molecule has 1 aromatic carbocycles. The highest BCUT2D eigenvalue weighted by atomic mass is 32.2. The molecule has 22 heavy (non-hydrogen) atoms. The van der Waals surface area contributed by atoms with Gasteiger partial charge in [-0.15, -0.1) is 0 Å². The van der Waals surface area contributed by atoms with Gasteiger partial charge in [0, 0.05) is 19.1 Å². The van der Waals surface area contributed by atoms with Gasteiger partial charge in [-0.3, -0.25) is 0 Å². The van der Waals surface area contributed by atoms with Crippen molar-refractivity contribution >= 4 is 15.7 Å². The second-order valence-electron chi connectivity index (χ2n) is 5.79. The predicted molar refractivity (Wildman–Crippen MR) is 81.8 cm³/mol. The van der Waals surface area contributed by atoms with Crippen LogP contribution in [0, 0.1) is 17.2 Å². The summed E-state index contributed by atoms with van der Waals surface area (Å²) in [7, 11) is -3.58. The molecule has 2 unspecified atom stereocenters. The highest BCUT2D eigenvalue weighted by Gasteiger charge is 2.49. The molecule has 2 aliphatic rings. The standard InChI is InChI=1S/C15H19N3O3S/c16-10-11-3-4-15(13(8-11)17-5-7-19)22(20,21)18-6-1-2-12-9-14(12)18/h3-4,8,12,14,17,19H,1-2,5-7,9H2. The first kappa shape index (κ1) is 15.3. The van der Waals surface area contributed by atoms with E-state index >= 15 is 0 Å². The number of nitrogens with zero attached hydrogens (tertiary/aromatic N) is 2. The number of fused-ring (bicyclic) bond motifs is 1. The molecule has 1 saturated heterocycles. The summed E-state index contributed by atoms with van der Waals surface area (Å²) in [6, 6.07) is 6.68. The average Bonchev–Trinajstić information content (AvgIpc) is 3.31. The third kappa shape index (κ3) is 2.70. The first-order valence-electron chi connectivity index (χ1n) is 7.48. The summed E-state index contributed by atoms with van der Waals surface area (Å²) < 4.78 is 27.5. The number of aliphatic hydroxyl groups is 1. The summed E-state index contributed by atoms with van der Waals surface area (Å²) in [4.78, 5) is 0.188. The second-order valence-corrected chi connectivity index (χ2v) is 7.65. The zero-order chi connectivity index (χ0) is 15.7. The lowest BCUT2D eigenvalue weighted by molar-refractivity contribution is 0.311. The van der Waals surface area contributed by atoms with E-state index in [0.717, 1.165) is 19.3 Å². The Bertz CT molecular complexity index is 711. The molecule has 0 amide bonds. The molecule has 6 nitrogen and oxygen atoms in total. The minimum Gasteiger partial charge on any atom is -0.395 e. The quantitative estimate of drug-likeness (QED) is 0.848. The number of hydrogen-bond acceptors (Lipinski definition) is 5. The predicted octanol–water partition coefficient (Wildman–Crippen LogP) is 1.14. The van der Waals surface area contributed by atoms with Crippen molar-refractivity contribution in [1.29, 1.82) is 5.26 Å². The van der Waals surface area contributed by atoms with E-state index < -0.39 is 10.0 Å². The monoisotopic (exact) mass is 321 g/mol. The van der Waals surface area contributed by atoms with Gasteiger partial charge in [-0.2, -0.15) is 9.57 Å². The van der Waals surface area contributed by atoms with Crippen LogP contribution in [-0.4, -0.2) is 43.6 Å². The molecule has 7 heteroatoms. The van der Waals surface area contributed by atoms with E-state index in [1.54, 1.807) is 4.31 Å². The van der Waals surface area contributed by atoms with Crippen LogP contribution in [0.5, 0.6) is 0 Å². The maximum absolute atomic E-state index is 12.9. The number of benzene rings is 1. The summed E-state index contributed by atoms with van der Waals surface area (Å²) in [6.07, 6.45) is 2.96. The number of sulfonamides is 1. The SMILES string of the molecule is N#Cc1ccc(S(=O)(=O)N2CCCC3CC32)c(NCCO)c1. The maximum Gasteiger partial charge on any atom is 0.245 e. The first-order valence-corrected chi connectivity index (χ1v) is 8.92. The summed E-state index contributed by atoms with van der Waals surface area (Å²) in [5.41, 5.74) is 0.776. The number of anilines is 1. The highest BCUT2D eigenvalue weighted by molar-refractivity contribution is 7.89. The molecule has 0 aromatic heterocycles. The van der Waals surface area contributed by atoms with Crippen molar-refractivity contribution in [3.05, 3.63) is 23.8 Å². The highest BCUT2D eigenvalue weighted by Crippen LogP contribution is 2.45. The lowest BCUT2D eigenvalue weighted by Crippen LogP contribution is -2.37. The normalized spacial score (nSPS) is 24.4. The fourth-order valence-corrected chi connectivity index (χ4v) is 5.03. The maximum atomic E-state index is 12.9. The van der Waals surface area contributed by atoms with Crippen LogP contribution in [0.2, 0.25) is 0 Å². The Kier molecular flexibility index (Phi) is 4.08. The minimum absolute atomic E-state index is 0.106. The van der Waals surface area contributed by atoms with Crippen molar-refractivity contribution in [3.8, 4) is 6.07 Å². The summed E-state index contributed by atoms with van der Waals surface area (Å²) in [6.45, 7) is 0.692. The van der Waals surface area contributed by atoms with Crippen molar-refractivity contribution in [2.45, 2.75) is 30.2 Å². The van der Waals surface area contributed by atoms with Gasteiger partial charge >= 0.3 is 0 Å². The Labute approximate surface area is 130 Å². The molecular weight excluding hydrogens is 302 g/mol. The third-order valence-electron chi connectivity index (χ3n) is 4.33. The minimum atomic E-state index is -3.58. The zero-order valence-corrected chi connectivity index (χ0v) is 13.0. The van der Waals surface area contributed by atoms with Crippen LogP contribution in [0.25, 0.3) is 0 Å². The zero-order valence-electron chi connectivity index (χ0n) is 12.2. The van der Waals surface area contributed by atoms with Crippen LogP contribution in [0.4, 0.5) is 5.69 Å². The Hall–Kier alpha value is -1.62. The second kappa shape index (κ2) is 5.88. The summed E-state index contributed by atoms with van der Waals surface area (Å²) in [5, 5.41) is 20.9. The smallest absolute Gasteiger partial charge is 0.245 e. The fraction of sp³-hybridized carbons (Fsp3) is 0.533. The third-order valence-corrected chi connectivity index (χ3v) is 6.31. The topological polar surface area (TPSA) is 93.4 Å². The van der Waals surface area contributed by atoms with E-state index in [1.165, 1.54) is 18.2 Å². The molecule has 1 aromatic rings. The van der Waals surface area contributed by atoms with Gasteiger partial charge in [0.25, 0.3) is 0 Å². The van der Waals surface area contributed by atoms with Gasteiger partial charge in [0.2, 0.25) is 10.0 Å². The molecule has 3 rings (SSSR count). The first-order chi connectivity index (χ1) is 10.6. The van der Waals surface area contributed by atoms with Gasteiger partial charge in [-0.25, -0.2) is 8.42 Å². The number of nitriles is 1. The van der Waals surface area contributed by atoms with Crippen molar-refractivity contribution in [2.24, 2.45) is 5.92 Å². The van der Waals surface area contributed by atoms with Crippen LogP contribution in [-0.2, 0) is 10.0 Å². The van der Waals surface area contributed by atoms with Crippen LogP contribution >= 0.6 is 0 Å². The Morgan fingerprint density at radius 2 is 2.27 bits per heavy atom. The van der Waals surface area contributed by atoms with Gasteiger partial charge in [0.15, 0.2) is 0 Å². The molecule has 1 saturated carbocycles. The molecule has 1 heterocycles. The molecule has 2 atom stereocenters. The van der Waals surface area contributed by atoms with Gasteiger partial charge in [0.05, 0.1) is 23.9 Å². The molecule has 0 spiro atoms. The van der Waals surface area contributed by atoms with Crippen LogP contribution in [0.1, 0.15) is 24.8 Å². The molecule has 0 bridgehead atoms. The molecule has 2 N–H and O–H groups in total. The van der Waals surface area contributed by atoms with Crippen LogP contribution < -0.4 is 5.32 Å². The number of hydrogen-bond donors (Lipinski definition) is 2. The average molecular weight is 321 g/mol. The summed E-state index contributed by atoms with van der Waals surface area (Å²) >= 11 is 0. The number of nitrogens with one attached hydrogen (secondary N) is 1. The van der Waals surface area contributed by atoms with E-state index in [2.05, 4.69) is 5.32 Å².